The van der Waals surface area contributed by atoms with Crippen molar-refractivity contribution >= 4 is 17.2 Å². The molecule has 4 nitrogen and oxygen atoms in total. The highest BCUT2D eigenvalue weighted by molar-refractivity contribution is 6.04. The van der Waals surface area contributed by atoms with Crippen LogP contribution in [0.3, 0.4) is 0 Å². The lowest BCUT2D eigenvalue weighted by molar-refractivity contribution is 0.102. The number of anilines is 1. The van der Waals surface area contributed by atoms with E-state index < -0.39 is 17.5 Å². The number of para-hydroxylation sites is 1. The Kier molecular flexibility index (Phi) is 4.06. The van der Waals surface area contributed by atoms with E-state index in [0.717, 1.165) is 6.42 Å². The highest BCUT2D eigenvalue weighted by Crippen LogP contribution is 2.19. The third-order valence-corrected chi connectivity index (χ3v) is 3.48. The van der Waals surface area contributed by atoms with Crippen LogP contribution < -0.4 is 5.32 Å². The van der Waals surface area contributed by atoms with Crippen LogP contribution in [-0.2, 0) is 6.42 Å². The van der Waals surface area contributed by atoms with Crippen molar-refractivity contribution in [1.29, 1.82) is 0 Å². The third kappa shape index (κ3) is 2.92. The number of aromatic nitrogens is 2. The molecule has 1 N–H and O–H groups in total. The van der Waals surface area contributed by atoms with Crippen molar-refractivity contribution < 1.29 is 13.6 Å². The molecule has 23 heavy (non-hydrogen) atoms. The number of nitrogens with one attached hydrogen (secondary N) is 1. The molecule has 0 aliphatic carbocycles. The van der Waals surface area contributed by atoms with Gasteiger partial charge in [-0.05, 0) is 30.7 Å². The number of rotatable bonds is 4. The van der Waals surface area contributed by atoms with E-state index in [4.69, 9.17) is 0 Å². The van der Waals surface area contributed by atoms with Gasteiger partial charge in [-0.15, -0.1) is 0 Å². The maximum absolute atomic E-state index is 13.7. The molecule has 0 saturated carbocycles. The number of hydrogen-bond acceptors (Lipinski definition) is 2. The molecule has 1 amide bonds. The van der Waals surface area contributed by atoms with Gasteiger partial charge in [-0.25, -0.2) is 13.8 Å². The smallest absolute Gasteiger partial charge is 0.274 e. The molecule has 2 aromatic heterocycles. The lowest BCUT2D eigenvalue weighted by atomic mass is 10.2. The minimum atomic E-state index is -0.530. The van der Waals surface area contributed by atoms with Crippen LogP contribution in [0.2, 0.25) is 0 Å². The summed E-state index contributed by atoms with van der Waals surface area (Å²) in [7, 11) is 0. The molecule has 0 aliphatic rings. The largest absolute Gasteiger partial charge is 0.318 e. The van der Waals surface area contributed by atoms with E-state index in [1.54, 1.807) is 6.07 Å². The molecular weight excluding hydrogens is 300 g/mol. The first-order chi connectivity index (χ1) is 11.1. The average Bonchev–Trinajstić information content (AvgIpc) is 2.87. The second kappa shape index (κ2) is 6.16. The van der Waals surface area contributed by atoms with Gasteiger partial charge in [-0.1, -0.05) is 25.5 Å². The summed E-state index contributed by atoms with van der Waals surface area (Å²) in [5.41, 5.74) is 1.34. The standard InChI is InChI=1S/C17H15F2N3O/c1-2-5-14-16(22-10-11(18)8-9-15(22)20-14)17(23)21-13-7-4-3-6-12(13)19/h3-4,6-10H,2,5H2,1H3,(H,21,23). The van der Waals surface area contributed by atoms with Crippen molar-refractivity contribution in [3.63, 3.8) is 0 Å². The summed E-state index contributed by atoms with van der Waals surface area (Å²) in [6.07, 6.45) is 2.56. The van der Waals surface area contributed by atoms with Gasteiger partial charge in [0.2, 0.25) is 0 Å². The molecule has 0 aliphatic heterocycles. The molecule has 6 heteroatoms. The summed E-state index contributed by atoms with van der Waals surface area (Å²) in [6.45, 7) is 1.96. The fraction of sp³-hybridized carbons (Fsp3) is 0.176. The molecule has 0 atom stereocenters. The van der Waals surface area contributed by atoms with E-state index in [9.17, 15) is 13.6 Å². The zero-order chi connectivity index (χ0) is 16.4. The topological polar surface area (TPSA) is 46.4 Å². The molecular formula is C17H15F2N3O. The molecule has 0 spiro atoms. The first-order valence-corrected chi connectivity index (χ1v) is 7.32. The Morgan fingerprint density at radius 1 is 1.22 bits per heavy atom. The second-order valence-electron chi connectivity index (χ2n) is 5.17. The molecule has 0 saturated heterocycles. The van der Waals surface area contributed by atoms with E-state index in [-0.39, 0.29) is 11.4 Å². The number of carbonyl (C=O) groups excluding carboxylic acids is 1. The number of amides is 1. The van der Waals surface area contributed by atoms with Crippen LogP contribution in [0.25, 0.3) is 5.65 Å². The van der Waals surface area contributed by atoms with Crippen molar-refractivity contribution in [1.82, 2.24) is 9.38 Å². The van der Waals surface area contributed by atoms with Gasteiger partial charge in [0.05, 0.1) is 11.4 Å². The molecule has 0 unspecified atom stereocenters. The van der Waals surface area contributed by atoms with E-state index >= 15 is 0 Å². The number of aryl methyl sites for hydroxylation is 1. The molecule has 3 aromatic rings. The van der Waals surface area contributed by atoms with Crippen LogP contribution in [0.4, 0.5) is 14.5 Å². The van der Waals surface area contributed by atoms with Crippen LogP contribution in [-0.4, -0.2) is 15.3 Å². The van der Waals surface area contributed by atoms with Gasteiger partial charge < -0.3 is 5.32 Å². The van der Waals surface area contributed by atoms with Crippen LogP contribution in [0.1, 0.15) is 29.5 Å². The molecule has 3 rings (SSSR count). The first-order valence-electron chi connectivity index (χ1n) is 7.32. The van der Waals surface area contributed by atoms with Crippen molar-refractivity contribution in [2.45, 2.75) is 19.8 Å². The van der Waals surface area contributed by atoms with Crippen LogP contribution >= 0.6 is 0 Å². The fourth-order valence-electron chi connectivity index (χ4n) is 2.46. The van der Waals surface area contributed by atoms with Gasteiger partial charge in [0, 0.05) is 6.20 Å². The molecule has 118 valence electrons. The molecule has 0 fully saturated rings. The zero-order valence-corrected chi connectivity index (χ0v) is 12.5. The number of halogens is 2. The molecule has 0 bridgehead atoms. The number of benzene rings is 1. The fourth-order valence-corrected chi connectivity index (χ4v) is 2.46. The van der Waals surface area contributed by atoms with Crippen LogP contribution in [0.5, 0.6) is 0 Å². The normalized spacial score (nSPS) is 10.9. The van der Waals surface area contributed by atoms with Crippen molar-refractivity contribution in [2.75, 3.05) is 5.32 Å². The van der Waals surface area contributed by atoms with Crippen molar-refractivity contribution in [3.8, 4) is 0 Å². The number of nitrogens with zero attached hydrogens (tertiary/aromatic N) is 2. The molecule has 0 radical (unpaired) electrons. The number of carbonyl (C=O) groups is 1. The van der Waals surface area contributed by atoms with Crippen molar-refractivity contribution in [3.05, 3.63) is 65.6 Å². The maximum Gasteiger partial charge on any atom is 0.274 e. The van der Waals surface area contributed by atoms with E-state index in [0.29, 0.717) is 17.8 Å². The van der Waals surface area contributed by atoms with Gasteiger partial charge in [-0.2, -0.15) is 0 Å². The lowest BCUT2D eigenvalue weighted by Crippen LogP contribution is -2.17. The van der Waals surface area contributed by atoms with Crippen LogP contribution in [0.15, 0.2) is 42.6 Å². The van der Waals surface area contributed by atoms with E-state index in [2.05, 4.69) is 10.3 Å². The summed E-state index contributed by atoms with van der Waals surface area (Å²) in [4.78, 5) is 17.0. The minimum Gasteiger partial charge on any atom is -0.318 e. The summed E-state index contributed by atoms with van der Waals surface area (Å²) in [5.74, 6) is -1.52. The number of pyridine rings is 1. The highest BCUT2D eigenvalue weighted by atomic mass is 19.1. The number of imidazole rings is 1. The summed E-state index contributed by atoms with van der Waals surface area (Å²) < 4.78 is 28.6. The summed E-state index contributed by atoms with van der Waals surface area (Å²) >= 11 is 0. The summed E-state index contributed by atoms with van der Waals surface area (Å²) in [6, 6.07) is 8.69. The number of fused-ring (bicyclic) bond motifs is 1. The van der Waals surface area contributed by atoms with E-state index in [1.165, 1.54) is 40.9 Å². The van der Waals surface area contributed by atoms with E-state index in [1.807, 2.05) is 6.92 Å². The number of hydrogen-bond donors (Lipinski definition) is 1. The average molecular weight is 315 g/mol. The van der Waals surface area contributed by atoms with Gasteiger partial charge in [0.1, 0.15) is 23.0 Å². The Balaban J connectivity index is 2.06. The zero-order valence-electron chi connectivity index (χ0n) is 12.5. The minimum absolute atomic E-state index is 0.0753. The Morgan fingerprint density at radius 3 is 2.74 bits per heavy atom. The predicted molar refractivity (Wildman–Crippen MR) is 83.5 cm³/mol. The summed E-state index contributed by atoms with van der Waals surface area (Å²) in [5, 5.41) is 2.53. The van der Waals surface area contributed by atoms with Gasteiger partial charge >= 0.3 is 0 Å². The Morgan fingerprint density at radius 2 is 2.00 bits per heavy atom. The van der Waals surface area contributed by atoms with Gasteiger partial charge in [-0.3, -0.25) is 9.20 Å². The Hall–Kier alpha value is -2.76. The predicted octanol–water partition coefficient (Wildman–Crippen LogP) is 3.82. The Bertz CT molecular complexity index is 873. The van der Waals surface area contributed by atoms with Crippen LogP contribution in [0, 0.1) is 11.6 Å². The SMILES string of the molecule is CCCc1nc2ccc(F)cn2c1C(=O)Nc1ccccc1F. The monoisotopic (exact) mass is 315 g/mol. The maximum atomic E-state index is 13.7. The quantitative estimate of drug-likeness (QED) is 0.795. The molecule has 2 heterocycles. The first kappa shape index (κ1) is 15.1. The highest BCUT2D eigenvalue weighted by Gasteiger charge is 2.20. The lowest BCUT2D eigenvalue weighted by Gasteiger charge is -2.07. The van der Waals surface area contributed by atoms with Gasteiger partial charge in [0.25, 0.3) is 5.91 Å². The second-order valence-corrected chi connectivity index (χ2v) is 5.17. The Labute approximate surface area is 131 Å². The molecule has 1 aromatic carbocycles. The van der Waals surface area contributed by atoms with Crippen molar-refractivity contribution in [2.24, 2.45) is 0 Å². The van der Waals surface area contributed by atoms with Gasteiger partial charge in [0.15, 0.2) is 0 Å². The third-order valence-electron chi connectivity index (χ3n) is 3.48.